The molecule has 0 fully saturated rings. The summed E-state index contributed by atoms with van der Waals surface area (Å²) in [6, 6.07) is 12.4. The number of ether oxygens (including phenoxy) is 1. The number of carbonyl (C=O) groups excluding carboxylic acids is 1. The van der Waals surface area contributed by atoms with Crippen LogP contribution in [0.3, 0.4) is 0 Å². The van der Waals surface area contributed by atoms with Crippen molar-refractivity contribution in [3.8, 4) is 5.75 Å². The Labute approximate surface area is 160 Å². The number of unbranched alkanes of at least 4 members (excludes halogenated alkanes) is 1. The summed E-state index contributed by atoms with van der Waals surface area (Å²) in [6.07, 6.45) is 3.81. The monoisotopic (exact) mass is 414 g/mol. The molecule has 7 heteroatoms. The van der Waals surface area contributed by atoms with E-state index in [1.165, 1.54) is 0 Å². The van der Waals surface area contributed by atoms with Crippen molar-refractivity contribution in [1.29, 1.82) is 0 Å². The van der Waals surface area contributed by atoms with E-state index < -0.39 is 0 Å². The standard InChI is InChI=1S/C19H19BrN4O2/c1-2-3-11-26-15-8-6-14(7-9-15)22-19(25)24-16-12-13-5-4-10-21-17(13)18(20)23-16/h4-10,12H,2-3,11H2,1H3,(H2,22,23,24,25). The molecule has 2 heterocycles. The van der Waals surface area contributed by atoms with E-state index in [1.807, 2.05) is 24.3 Å². The molecule has 0 aliphatic rings. The number of hydrogen-bond acceptors (Lipinski definition) is 4. The fourth-order valence-corrected chi connectivity index (χ4v) is 2.88. The minimum Gasteiger partial charge on any atom is -0.494 e. The van der Waals surface area contributed by atoms with Gasteiger partial charge in [-0.2, -0.15) is 0 Å². The van der Waals surface area contributed by atoms with E-state index in [0.717, 1.165) is 29.5 Å². The van der Waals surface area contributed by atoms with Crippen molar-refractivity contribution >= 4 is 44.4 Å². The molecule has 0 spiro atoms. The smallest absolute Gasteiger partial charge is 0.324 e. The van der Waals surface area contributed by atoms with Gasteiger partial charge in [-0.05, 0) is 58.7 Å². The van der Waals surface area contributed by atoms with Crippen LogP contribution in [0.25, 0.3) is 10.9 Å². The van der Waals surface area contributed by atoms with Gasteiger partial charge in [0.1, 0.15) is 21.7 Å². The summed E-state index contributed by atoms with van der Waals surface area (Å²) in [5, 5.41) is 6.39. The van der Waals surface area contributed by atoms with Gasteiger partial charge in [-0.1, -0.05) is 19.4 Å². The zero-order chi connectivity index (χ0) is 18.4. The number of nitrogens with zero attached hydrogens (tertiary/aromatic N) is 2. The van der Waals surface area contributed by atoms with E-state index >= 15 is 0 Å². The number of hydrogen-bond donors (Lipinski definition) is 2. The van der Waals surface area contributed by atoms with Gasteiger partial charge in [-0.3, -0.25) is 10.3 Å². The maximum Gasteiger partial charge on any atom is 0.324 e. The summed E-state index contributed by atoms with van der Waals surface area (Å²) >= 11 is 3.38. The molecular weight excluding hydrogens is 396 g/mol. The zero-order valence-electron chi connectivity index (χ0n) is 14.3. The molecule has 26 heavy (non-hydrogen) atoms. The Bertz CT molecular complexity index is 900. The van der Waals surface area contributed by atoms with Crippen LogP contribution >= 0.6 is 15.9 Å². The van der Waals surface area contributed by atoms with Gasteiger partial charge in [-0.25, -0.2) is 9.78 Å². The van der Waals surface area contributed by atoms with Gasteiger partial charge in [0.05, 0.1) is 6.61 Å². The van der Waals surface area contributed by atoms with Crippen LogP contribution in [0.4, 0.5) is 16.3 Å². The molecule has 0 atom stereocenters. The van der Waals surface area contributed by atoms with E-state index in [-0.39, 0.29) is 6.03 Å². The number of pyridine rings is 2. The Kier molecular flexibility index (Phi) is 6.01. The second-order valence-corrected chi connectivity index (χ2v) is 6.43. The van der Waals surface area contributed by atoms with Crippen molar-refractivity contribution < 1.29 is 9.53 Å². The molecule has 0 aliphatic heterocycles. The molecule has 2 aromatic heterocycles. The highest BCUT2D eigenvalue weighted by atomic mass is 79.9. The summed E-state index contributed by atoms with van der Waals surface area (Å²) in [5.41, 5.74) is 1.42. The van der Waals surface area contributed by atoms with Crippen LogP contribution in [0.5, 0.6) is 5.75 Å². The Morgan fingerprint density at radius 1 is 1.19 bits per heavy atom. The predicted octanol–water partition coefficient (Wildman–Crippen LogP) is 5.22. The Balaban J connectivity index is 1.62. The molecule has 134 valence electrons. The number of amides is 2. The lowest BCUT2D eigenvalue weighted by Crippen LogP contribution is -2.20. The van der Waals surface area contributed by atoms with Gasteiger partial charge < -0.3 is 10.1 Å². The summed E-state index contributed by atoms with van der Waals surface area (Å²) in [7, 11) is 0. The van der Waals surface area contributed by atoms with Crippen LogP contribution in [0.2, 0.25) is 0 Å². The first-order valence-corrected chi connectivity index (χ1v) is 9.17. The normalized spacial score (nSPS) is 10.5. The molecule has 0 aliphatic carbocycles. The molecule has 0 unspecified atom stereocenters. The third kappa shape index (κ3) is 4.70. The Hall–Kier alpha value is -2.67. The Morgan fingerprint density at radius 2 is 2.00 bits per heavy atom. The molecule has 6 nitrogen and oxygen atoms in total. The number of carbonyl (C=O) groups is 1. The zero-order valence-corrected chi connectivity index (χ0v) is 15.9. The molecule has 3 rings (SSSR count). The van der Waals surface area contributed by atoms with Crippen LogP contribution in [0.15, 0.2) is 53.3 Å². The third-order valence-corrected chi connectivity index (χ3v) is 4.22. The van der Waals surface area contributed by atoms with Crippen molar-refractivity contribution in [2.75, 3.05) is 17.2 Å². The second kappa shape index (κ2) is 8.62. The molecule has 0 saturated heterocycles. The van der Waals surface area contributed by atoms with Crippen LogP contribution in [0.1, 0.15) is 19.8 Å². The van der Waals surface area contributed by atoms with Gasteiger partial charge in [0, 0.05) is 17.3 Å². The highest BCUT2D eigenvalue weighted by Crippen LogP contribution is 2.23. The number of urea groups is 1. The van der Waals surface area contributed by atoms with Crippen LogP contribution in [-0.2, 0) is 0 Å². The van der Waals surface area contributed by atoms with Crippen LogP contribution < -0.4 is 15.4 Å². The summed E-state index contributed by atoms with van der Waals surface area (Å²) < 4.78 is 6.19. The van der Waals surface area contributed by atoms with E-state index in [4.69, 9.17) is 4.74 Å². The second-order valence-electron chi connectivity index (χ2n) is 5.68. The maximum absolute atomic E-state index is 12.2. The molecule has 1 aromatic carbocycles. The number of fused-ring (bicyclic) bond motifs is 1. The topological polar surface area (TPSA) is 76.1 Å². The maximum atomic E-state index is 12.2. The third-order valence-electron chi connectivity index (χ3n) is 3.67. The minimum atomic E-state index is -0.368. The lowest BCUT2D eigenvalue weighted by Gasteiger charge is -2.10. The first-order valence-electron chi connectivity index (χ1n) is 8.38. The van der Waals surface area contributed by atoms with E-state index in [0.29, 0.717) is 22.7 Å². The van der Waals surface area contributed by atoms with Gasteiger partial charge in [0.25, 0.3) is 0 Å². The quantitative estimate of drug-likeness (QED) is 0.428. The number of halogens is 1. The van der Waals surface area contributed by atoms with Crippen molar-refractivity contribution in [3.63, 3.8) is 0 Å². The van der Waals surface area contributed by atoms with Gasteiger partial charge in [0.2, 0.25) is 0 Å². The number of anilines is 2. The summed E-state index contributed by atoms with van der Waals surface area (Å²) in [5.74, 6) is 1.23. The van der Waals surface area contributed by atoms with Crippen molar-refractivity contribution in [3.05, 3.63) is 53.3 Å². The van der Waals surface area contributed by atoms with Crippen molar-refractivity contribution in [2.45, 2.75) is 19.8 Å². The average Bonchev–Trinajstić information content (AvgIpc) is 2.63. The fourth-order valence-electron chi connectivity index (χ4n) is 2.36. The SMILES string of the molecule is CCCCOc1ccc(NC(=O)Nc2cc3cccnc3c(Br)n2)cc1. The highest BCUT2D eigenvalue weighted by molar-refractivity contribution is 9.10. The molecule has 2 amide bonds. The largest absolute Gasteiger partial charge is 0.494 e. The first kappa shape index (κ1) is 18.1. The highest BCUT2D eigenvalue weighted by Gasteiger charge is 2.08. The van der Waals surface area contributed by atoms with E-state index in [2.05, 4.69) is 43.5 Å². The fraction of sp³-hybridized carbons (Fsp3) is 0.211. The summed E-state index contributed by atoms with van der Waals surface area (Å²) in [6.45, 7) is 2.82. The molecule has 2 N–H and O–H groups in total. The van der Waals surface area contributed by atoms with Crippen LogP contribution in [0, 0.1) is 0 Å². The van der Waals surface area contributed by atoms with E-state index in [9.17, 15) is 4.79 Å². The summed E-state index contributed by atoms with van der Waals surface area (Å²) in [4.78, 5) is 20.8. The minimum absolute atomic E-state index is 0.368. The van der Waals surface area contributed by atoms with Gasteiger partial charge >= 0.3 is 6.03 Å². The Morgan fingerprint density at radius 3 is 2.77 bits per heavy atom. The van der Waals surface area contributed by atoms with Crippen molar-refractivity contribution in [1.82, 2.24) is 9.97 Å². The number of rotatable bonds is 6. The van der Waals surface area contributed by atoms with Crippen LogP contribution in [-0.4, -0.2) is 22.6 Å². The van der Waals surface area contributed by atoms with E-state index in [1.54, 1.807) is 24.4 Å². The molecule has 0 saturated carbocycles. The number of aromatic nitrogens is 2. The average molecular weight is 415 g/mol. The van der Waals surface area contributed by atoms with Gasteiger partial charge in [-0.15, -0.1) is 0 Å². The number of nitrogens with one attached hydrogen (secondary N) is 2. The molecule has 0 bridgehead atoms. The lowest BCUT2D eigenvalue weighted by atomic mass is 10.2. The van der Waals surface area contributed by atoms with Gasteiger partial charge in [0.15, 0.2) is 0 Å². The molecular formula is C19H19BrN4O2. The van der Waals surface area contributed by atoms with Crippen molar-refractivity contribution in [2.24, 2.45) is 0 Å². The lowest BCUT2D eigenvalue weighted by molar-refractivity contribution is 0.262. The molecule has 3 aromatic rings. The first-order chi connectivity index (χ1) is 12.7. The molecule has 0 radical (unpaired) electrons. The number of benzene rings is 1. The predicted molar refractivity (Wildman–Crippen MR) is 107 cm³/mol.